The van der Waals surface area contributed by atoms with Crippen LogP contribution in [0.1, 0.15) is 29.4 Å². The van der Waals surface area contributed by atoms with Crippen LogP contribution in [0.4, 0.5) is 5.69 Å². The van der Waals surface area contributed by atoms with Crippen molar-refractivity contribution in [3.05, 3.63) is 107 Å². The summed E-state index contributed by atoms with van der Waals surface area (Å²) in [7, 11) is 1.66. The van der Waals surface area contributed by atoms with Crippen molar-refractivity contribution in [2.45, 2.75) is 38.3 Å². The number of rotatable bonds is 9. The minimum Gasteiger partial charge on any atom is -0.497 e. The van der Waals surface area contributed by atoms with E-state index in [4.69, 9.17) is 9.47 Å². The Morgan fingerprint density at radius 2 is 1.65 bits per heavy atom. The van der Waals surface area contributed by atoms with Gasteiger partial charge in [0.15, 0.2) is 0 Å². The average Bonchev–Trinajstić information content (AvgIpc) is 3.37. The smallest absolute Gasteiger partial charge is 0.320 e. The van der Waals surface area contributed by atoms with Crippen molar-refractivity contribution >= 4 is 11.7 Å². The summed E-state index contributed by atoms with van der Waals surface area (Å²) in [6.07, 6.45) is 1.26. The Bertz CT molecular complexity index is 1320. The van der Waals surface area contributed by atoms with Gasteiger partial charge in [-0.15, -0.1) is 5.10 Å². The van der Waals surface area contributed by atoms with Crippen LogP contribution < -0.4 is 9.64 Å². The molecule has 0 N–H and O–H groups in total. The first kappa shape index (κ1) is 24.6. The Morgan fingerprint density at radius 1 is 0.946 bits per heavy atom. The van der Waals surface area contributed by atoms with Gasteiger partial charge in [-0.1, -0.05) is 65.9 Å². The second kappa shape index (κ2) is 10.9. The largest absolute Gasteiger partial charge is 0.497 e. The molecule has 1 aliphatic heterocycles. The van der Waals surface area contributed by atoms with Crippen molar-refractivity contribution in [2.75, 3.05) is 25.2 Å². The van der Waals surface area contributed by atoms with E-state index in [1.807, 2.05) is 60.1 Å². The fourth-order valence-corrected chi connectivity index (χ4v) is 5.21. The van der Waals surface area contributed by atoms with Crippen LogP contribution in [0.25, 0.3) is 0 Å². The van der Waals surface area contributed by atoms with Gasteiger partial charge in [-0.05, 0) is 55.2 Å². The maximum absolute atomic E-state index is 13.9. The van der Waals surface area contributed by atoms with Gasteiger partial charge in [0.2, 0.25) is 0 Å². The van der Waals surface area contributed by atoms with E-state index in [9.17, 15) is 4.79 Å². The molecule has 0 saturated heterocycles. The average molecular weight is 497 g/mol. The summed E-state index contributed by atoms with van der Waals surface area (Å²) in [6.45, 7) is 3.83. The summed E-state index contributed by atoms with van der Waals surface area (Å²) < 4.78 is 13.0. The normalized spacial score (nSPS) is 16.8. The minimum atomic E-state index is -0.954. The van der Waals surface area contributed by atoms with E-state index in [1.54, 1.807) is 7.11 Å². The lowest BCUT2D eigenvalue weighted by Gasteiger charge is -2.41. The molecule has 7 nitrogen and oxygen atoms in total. The first-order valence-electron chi connectivity index (χ1n) is 12.7. The van der Waals surface area contributed by atoms with Crippen LogP contribution in [0.2, 0.25) is 0 Å². The fourth-order valence-electron chi connectivity index (χ4n) is 5.21. The number of aromatic nitrogens is 3. The Balaban J connectivity index is 1.57. The van der Waals surface area contributed by atoms with Crippen molar-refractivity contribution in [3.63, 3.8) is 0 Å². The molecule has 2 heterocycles. The summed E-state index contributed by atoms with van der Waals surface area (Å²) in [6, 6.07) is 28.3. The second-order valence-corrected chi connectivity index (χ2v) is 9.36. The molecule has 0 fully saturated rings. The first-order chi connectivity index (χ1) is 18.1. The Labute approximate surface area is 217 Å². The van der Waals surface area contributed by atoms with Gasteiger partial charge in [0.1, 0.15) is 16.9 Å². The van der Waals surface area contributed by atoms with Crippen molar-refractivity contribution < 1.29 is 14.3 Å². The van der Waals surface area contributed by atoms with Gasteiger partial charge in [0, 0.05) is 18.8 Å². The molecule has 1 aliphatic rings. The zero-order chi connectivity index (χ0) is 25.7. The van der Waals surface area contributed by atoms with Gasteiger partial charge in [-0.3, -0.25) is 4.79 Å². The number of aryl methyl sites for hydroxylation is 2. The Morgan fingerprint density at radius 3 is 2.32 bits per heavy atom. The number of methoxy groups -OCH3 is 1. The highest BCUT2D eigenvalue weighted by atomic mass is 16.5. The van der Waals surface area contributed by atoms with E-state index < -0.39 is 5.41 Å². The van der Waals surface area contributed by atoms with E-state index in [0.717, 1.165) is 40.4 Å². The molecule has 1 atom stereocenters. The zero-order valence-corrected chi connectivity index (χ0v) is 21.3. The van der Waals surface area contributed by atoms with Crippen LogP contribution in [0.5, 0.6) is 5.75 Å². The van der Waals surface area contributed by atoms with Gasteiger partial charge in [0.25, 0.3) is 0 Å². The molecule has 0 radical (unpaired) electrons. The van der Waals surface area contributed by atoms with Crippen molar-refractivity contribution in [1.29, 1.82) is 0 Å². The number of carbonyl (C=O) groups is 1. The second-order valence-electron chi connectivity index (χ2n) is 9.36. The first-order valence-corrected chi connectivity index (χ1v) is 12.7. The number of esters is 1. The predicted octanol–water partition coefficient (Wildman–Crippen LogP) is 4.59. The summed E-state index contributed by atoms with van der Waals surface area (Å²) >= 11 is 0. The fraction of sp³-hybridized carbons (Fsp3) is 0.300. The van der Waals surface area contributed by atoms with Crippen LogP contribution in [-0.2, 0) is 40.9 Å². The van der Waals surface area contributed by atoms with Crippen LogP contribution in [0, 0.1) is 0 Å². The quantitative estimate of drug-likeness (QED) is 0.316. The topological polar surface area (TPSA) is 69.5 Å². The highest BCUT2D eigenvalue weighted by molar-refractivity contribution is 5.85. The van der Waals surface area contributed by atoms with Gasteiger partial charge in [0.05, 0.1) is 26.0 Å². The molecule has 7 heteroatoms. The van der Waals surface area contributed by atoms with E-state index in [0.29, 0.717) is 32.7 Å². The number of nitrogens with zero attached hydrogens (tertiary/aromatic N) is 4. The van der Waals surface area contributed by atoms with Gasteiger partial charge in [-0.25, -0.2) is 4.68 Å². The van der Waals surface area contributed by atoms with Gasteiger partial charge < -0.3 is 14.4 Å². The van der Waals surface area contributed by atoms with Crippen molar-refractivity contribution in [3.8, 4) is 5.75 Å². The number of para-hydroxylation sites is 1. The molecule has 5 rings (SSSR count). The minimum absolute atomic E-state index is 0.242. The summed E-state index contributed by atoms with van der Waals surface area (Å²) in [5.74, 6) is 0.584. The van der Waals surface area contributed by atoms with Crippen molar-refractivity contribution in [2.24, 2.45) is 0 Å². The van der Waals surface area contributed by atoms with Gasteiger partial charge in [-0.2, -0.15) is 0 Å². The number of ether oxygens (including phenoxy) is 2. The maximum atomic E-state index is 13.9. The number of hydrogen-bond acceptors (Lipinski definition) is 6. The zero-order valence-electron chi connectivity index (χ0n) is 21.3. The highest BCUT2D eigenvalue weighted by Gasteiger charge is 2.51. The molecule has 1 aromatic heterocycles. The maximum Gasteiger partial charge on any atom is 0.320 e. The highest BCUT2D eigenvalue weighted by Crippen LogP contribution is 2.39. The van der Waals surface area contributed by atoms with E-state index in [1.165, 1.54) is 0 Å². The summed E-state index contributed by atoms with van der Waals surface area (Å²) in [4.78, 5) is 16.1. The molecule has 0 aliphatic carbocycles. The molecule has 0 spiro atoms. The van der Waals surface area contributed by atoms with Crippen LogP contribution >= 0.6 is 0 Å². The monoisotopic (exact) mass is 496 g/mol. The van der Waals surface area contributed by atoms with Crippen LogP contribution in [0.15, 0.2) is 84.9 Å². The summed E-state index contributed by atoms with van der Waals surface area (Å²) in [5.41, 5.74) is 3.99. The molecule has 4 aromatic rings. The Kier molecular flexibility index (Phi) is 7.21. The molecule has 190 valence electrons. The van der Waals surface area contributed by atoms with E-state index in [-0.39, 0.29) is 5.97 Å². The van der Waals surface area contributed by atoms with Crippen LogP contribution in [0.3, 0.4) is 0 Å². The van der Waals surface area contributed by atoms with Crippen LogP contribution in [-0.4, -0.2) is 41.2 Å². The third-order valence-electron chi connectivity index (χ3n) is 6.97. The number of carbonyl (C=O) groups excluding carboxylic acids is 1. The summed E-state index contributed by atoms with van der Waals surface area (Å²) in [5, 5.41) is 9.16. The molecule has 0 saturated carbocycles. The van der Waals surface area contributed by atoms with E-state index >= 15 is 0 Å². The number of hydrogen-bond donors (Lipinski definition) is 0. The lowest BCUT2D eigenvalue weighted by atomic mass is 9.74. The molecule has 3 aromatic carbocycles. The standard InChI is InChI=1S/C30H32N4O3/c1-3-37-29(35)30(20-24-10-6-4-7-11-24)22-33(25-12-8-5-9-13-25)21-27-28(30)34(32-31-27)19-18-23-14-16-26(36-2)17-15-23/h4-17H,3,18-22H2,1-2H3. The molecular weight excluding hydrogens is 464 g/mol. The SMILES string of the molecule is CCOC(=O)C1(Cc2ccccc2)CN(c2ccccc2)Cc2nnn(CCc3ccc(OC)cc3)c21. The lowest BCUT2D eigenvalue weighted by Crippen LogP contribution is -2.54. The number of benzene rings is 3. The molecule has 0 bridgehead atoms. The predicted molar refractivity (Wildman–Crippen MR) is 143 cm³/mol. The molecule has 1 unspecified atom stereocenters. The van der Waals surface area contributed by atoms with Gasteiger partial charge >= 0.3 is 5.97 Å². The van der Waals surface area contributed by atoms with E-state index in [2.05, 4.69) is 51.6 Å². The number of anilines is 1. The molecular formula is C30H32N4O3. The lowest BCUT2D eigenvalue weighted by molar-refractivity contribution is -0.150. The molecule has 37 heavy (non-hydrogen) atoms. The third-order valence-corrected chi connectivity index (χ3v) is 6.97. The molecule has 0 amide bonds. The Hall–Kier alpha value is -4.13. The number of fused-ring (bicyclic) bond motifs is 1. The third kappa shape index (κ3) is 5.07. The van der Waals surface area contributed by atoms with Crippen molar-refractivity contribution in [1.82, 2.24) is 15.0 Å².